The summed E-state index contributed by atoms with van der Waals surface area (Å²) in [4.78, 5) is 21.9. The monoisotopic (exact) mass is 497 g/mol. The van der Waals surface area contributed by atoms with Crippen molar-refractivity contribution in [2.75, 3.05) is 0 Å². The summed E-state index contributed by atoms with van der Waals surface area (Å²) in [5, 5.41) is 10.2. The number of H-pyrrole nitrogens is 1. The maximum absolute atomic E-state index is 14.8. The van der Waals surface area contributed by atoms with Gasteiger partial charge in [0.05, 0.1) is 21.8 Å². The van der Waals surface area contributed by atoms with Gasteiger partial charge in [-0.3, -0.25) is 9.36 Å². The van der Waals surface area contributed by atoms with E-state index >= 15 is 0 Å². The van der Waals surface area contributed by atoms with Crippen LogP contribution in [0.1, 0.15) is 16.3 Å². The number of thiophene rings is 1. The van der Waals surface area contributed by atoms with Crippen molar-refractivity contribution in [1.29, 1.82) is 0 Å². The van der Waals surface area contributed by atoms with E-state index in [2.05, 4.69) is 20.2 Å². The smallest absolute Gasteiger partial charge is 0.259 e. The lowest BCUT2D eigenvalue weighted by Crippen LogP contribution is -2.11. The second-order valence-electron chi connectivity index (χ2n) is 7.34. The van der Waals surface area contributed by atoms with Crippen molar-refractivity contribution in [2.45, 2.75) is 24.8 Å². The highest BCUT2D eigenvalue weighted by molar-refractivity contribution is 7.98. The van der Waals surface area contributed by atoms with Gasteiger partial charge in [0.1, 0.15) is 16.5 Å². The molecule has 0 bridgehead atoms. The van der Waals surface area contributed by atoms with E-state index in [0.29, 0.717) is 49.0 Å². The van der Waals surface area contributed by atoms with E-state index in [0.717, 1.165) is 10.4 Å². The zero-order chi connectivity index (χ0) is 23.1. The Morgan fingerprint density at radius 1 is 1.12 bits per heavy atom. The number of thioether (sulfide) groups is 1. The van der Waals surface area contributed by atoms with Gasteiger partial charge in [0.2, 0.25) is 0 Å². The van der Waals surface area contributed by atoms with Crippen molar-refractivity contribution in [2.24, 2.45) is 0 Å². The topological polar surface area (TPSA) is 76.5 Å². The molecule has 0 aliphatic heterocycles. The van der Waals surface area contributed by atoms with E-state index in [-0.39, 0.29) is 5.56 Å². The van der Waals surface area contributed by atoms with Gasteiger partial charge in [-0.15, -0.1) is 21.5 Å². The van der Waals surface area contributed by atoms with Gasteiger partial charge in [-0.25, -0.2) is 9.37 Å². The number of aromatic amines is 1. The van der Waals surface area contributed by atoms with Gasteiger partial charge in [0.25, 0.3) is 5.56 Å². The molecule has 1 N–H and O–H groups in total. The molecule has 166 valence electrons. The average molecular weight is 498 g/mol. The average Bonchev–Trinajstić information content (AvgIpc) is 3.33. The molecule has 0 fully saturated rings. The number of hydrogen-bond donors (Lipinski definition) is 1. The third kappa shape index (κ3) is 3.96. The van der Waals surface area contributed by atoms with Crippen molar-refractivity contribution in [3.63, 3.8) is 0 Å². The number of fused-ring (bicyclic) bond motifs is 1. The molecule has 3 heterocycles. The van der Waals surface area contributed by atoms with E-state index < -0.39 is 5.82 Å². The molecule has 0 atom stereocenters. The molecule has 10 heteroatoms. The van der Waals surface area contributed by atoms with E-state index in [1.165, 1.54) is 29.2 Å². The molecule has 0 aliphatic carbocycles. The molecular formula is C23H17ClFN5OS2. The Labute approximate surface area is 201 Å². The molecule has 5 rings (SSSR count). The van der Waals surface area contributed by atoms with Crippen molar-refractivity contribution in [1.82, 2.24) is 24.7 Å². The van der Waals surface area contributed by atoms with Crippen LogP contribution in [0.25, 0.3) is 27.3 Å². The number of para-hydroxylation sites is 1. The van der Waals surface area contributed by atoms with E-state index in [1.54, 1.807) is 28.8 Å². The molecule has 0 unspecified atom stereocenters. The largest absolute Gasteiger partial charge is 0.309 e. The number of benzene rings is 2. The zero-order valence-electron chi connectivity index (χ0n) is 17.6. The fourth-order valence-electron chi connectivity index (χ4n) is 3.53. The molecule has 0 radical (unpaired) electrons. The van der Waals surface area contributed by atoms with Gasteiger partial charge in [-0.05, 0) is 43.7 Å². The third-order valence-electron chi connectivity index (χ3n) is 5.27. The Balaban J connectivity index is 1.57. The van der Waals surface area contributed by atoms with Gasteiger partial charge >= 0.3 is 0 Å². The molecule has 0 saturated heterocycles. The van der Waals surface area contributed by atoms with Crippen molar-refractivity contribution >= 4 is 44.9 Å². The molecule has 3 aromatic heterocycles. The van der Waals surface area contributed by atoms with Crippen LogP contribution in [-0.2, 0) is 5.75 Å². The molecule has 0 amide bonds. The Hall–Kier alpha value is -3.01. The number of hydrogen-bond acceptors (Lipinski definition) is 6. The molecular weight excluding hydrogens is 481 g/mol. The van der Waals surface area contributed by atoms with Crippen LogP contribution in [0.5, 0.6) is 0 Å². The summed E-state index contributed by atoms with van der Waals surface area (Å²) in [6.45, 7) is 3.90. The molecule has 0 spiro atoms. The van der Waals surface area contributed by atoms with Gasteiger partial charge in [0.15, 0.2) is 11.0 Å². The van der Waals surface area contributed by atoms with Gasteiger partial charge < -0.3 is 4.98 Å². The van der Waals surface area contributed by atoms with E-state index in [9.17, 15) is 9.18 Å². The van der Waals surface area contributed by atoms with Crippen LogP contribution < -0.4 is 5.56 Å². The number of nitrogens with zero attached hydrogens (tertiary/aromatic N) is 4. The summed E-state index contributed by atoms with van der Waals surface area (Å²) in [7, 11) is 0. The van der Waals surface area contributed by atoms with Gasteiger partial charge in [0, 0.05) is 10.4 Å². The van der Waals surface area contributed by atoms with Crippen LogP contribution >= 0.6 is 34.7 Å². The van der Waals surface area contributed by atoms with Crippen molar-refractivity contribution < 1.29 is 4.39 Å². The number of rotatable bonds is 5. The minimum Gasteiger partial charge on any atom is -0.309 e. The first-order valence-electron chi connectivity index (χ1n) is 10.0. The number of aryl methyl sites for hydroxylation is 2. The van der Waals surface area contributed by atoms with Crippen LogP contribution in [0.3, 0.4) is 0 Å². The third-order valence-corrected chi connectivity index (χ3v) is 7.64. The lowest BCUT2D eigenvalue weighted by molar-refractivity contribution is 0.613. The fraction of sp³-hybridized carbons (Fsp3) is 0.130. The molecule has 0 aliphatic rings. The first-order chi connectivity index (χ1) is 15.9. The van der Waals surface area contributed by atoms with Gasteiger partial charge in [-0.2, -0.15) is 0 Å². The molecule has 2 aromatic carbocycles. The molecule has 33 heavy (non-hydrogen) atoms. The maximum atomic E-state index is 14.8. The quantitative estimate of drug-likeness (QED) is 0.304. The Morgan fingerprint density at radius 2 is 1.88 bits per heavy atom. The number of halogens is 2. The fourth-order valence-corrected chi connectivity index (χ4v) is 5.62. The van der Waals surface area contributed by atoms with Crippen LogP contribution in [0, 0.1) is 19.7 Å². The normalized spacial score (nSPS) is 11.4. The highest BCUT2D eigenvalue weighted by Crippen LogP contribution is 2.33. The van der Waals surface area contributed by atoms with Crippen LogP contribution in [-0.4, -0.2) is 24.7 Å². The lowest BCUT2D eigenvalue weighted by atomic mass is 10.2. The van der Waals surface area contributed by atoms with Crippen molar-refractivity contribution in [3.8, 4) is 17.1 Å². The van der Waals surface area contributed by atoms with Crippen LogP contribution in [0.15, 0.2) is 58.5 Å². The minimum absolute atomic E-state index is 0.162. The SMILES string of the molecule is Cc1sc2nc(CSc3nnc(-c4ccccc4Cl)n3-c3ccccc3F)[nH]c(=O)c2c1C. The highest BCUT2D eigenvalue weighted by atomic mass is 35.5. The van der Waals surface area contributed by atoms with E-state index in [4.69, 9.17) is 11.6 Å². The maximum Gasteiger partial charge on any atom is 0.259 e. The first-order valence-corrected chi connectivity index (χ1v) is 12.2. The highest BCUT2D eigenvalue weighted by Gasteiger charge is 2.21. The summed E-state index contributed by atoms with van der Waals surface area (Å²) in [6.07, 6.45) is 0. The second-order valence-corrected chi connectivity index (χ2v) is 9.89. The van der Waals surface area contributed by atoms with E-state index in [1.807, 2.05) is 32.0 Å². The summed E-state index contributed by atoms with van der Waals surface area (Å²) in [5.74, 6) is 0.858. The lowest BCUT2D eigenvalue weighted by Gasteiger charge is -2.12. The summed E-state index contributed by atoms with van der Waals surface area (Å²) in [5.41, 5.74) is 1.73. The minimum atomic E-state index is -0.412. The summed E-state index contributed by atoms with van der Waals surface area (Å²) < 4.78 is 16.4. The predicted molar refractivity (Wildman–Crippen MR) is 131 cm³/mol. The zero-order valence-corrected chi connectivity index (χ0v) is 20.0. The number of aromatic nitrogens is 5. The first kappa shape index (κ1) is 21.8. The molecule has 5 aromatic rings. The Bertz CT molecular complexity index is 1560. The van der Waals surface area contributed by atoms with Gasteiger partial charge in [-0.1, -0.05) is 47.6 Å². The predicted octanol–water partition coefficient (Wildman–Crippen LogP) is 5.93. The molecule has 0 saturated carbocycles. The Kier molecular flexibility index (Phi) is 5.77. The van der Waals surface area contributed by atoms with Crippen molar-refractivity contribution in [3.05, 3.63) is 86.0 Å². The van der Waals surface area contributed by atoms with Crippen LogP contribution in [0.2, 0.25) is 5.02 Å². The molecule has 6 nitrogen and oxygen atoms in total. The van der Waals surface area contributed by atoms with Crippen LogP contribution in [0.4, 0.5) is 4.39 Å². The summed E-state index contributed by atoms with van der Waals surface area (Å²) in [6, 6.07) is 13.6. The Morgan fingerprint density at radius 3 is 2.67 bits per heavy atom. The standard InChI is InChI=1S/C23H17ClFN5OS2/c1-12-13(2)33-22-19(12)21(31)26-18(27-22)11-32-23-29-28-20(14-7-3-4-8-15(14)24)30(23)17-10-6-5-9-16(17)25/h3-10H,11H2,1-2H3,(H,26,27,31). The number of nitrogens with one attached hydrogen (secondary N) is 1. The second kappa shape index (κ2) is 8.74. The summed E-state index contributed by atoms with van der Waals surface area (Å²) >= 11 is 9.20.